The minimum Gasteiger partial charge on any atom is -0.497 e. The van der Waals surface area contributed by atoms with Gasteiger partial charge in [0.05, 0.1) is 7.11 Å². The van der Waals surface area contributed by atoms with E-state index in [1.165, 1.54) is 28.3 Å². The molecule has 4 saturated carbocycles. The standard InChI is InChI=1S/C26H30N4O3/c1-33-22-6-4-5-18(12-22)16-29(26-13-19-9-20(14-26)11-21(10-19)15-26)24(31)17-30-25(32)28-8-3-2-7-23(28)27-30/h2-8,12,19-21H,9-11,13-17H2,1H3. The van der Waals surface area contributed by atoms with Gasteiger partial charge in [0.2, 0.25) is 5.91 Å². The van der Waals surface area contributed by atoms with Crippen LogP contribution in [0.4, 0.5) is 0 Å². The highest BCUT2D eigenvalue weighted by atomic mass is 16.5. The first kappa shape index (κ1) is 20.5. The largest absolute Gasteiger partial charge is 0.497 e. The Morgan fingerprint density at radius 2 is 1.82 bits per heavy atom. The van der Waals surface area contributed by atoms with E-state index >= 15 is 0 Å². The molecule has 4 aliphatic carbocycles. The number of ether oxygens (including phenoxy) is 1. The number of carbonyl (C=O) groups is 1. The summed E-state index contributed by atoms with van der Waals surface area (Å²) >= 11 is 0. The predicted octanol–water partition coefficient (Wildman–Crippen LogP) is 3.50. The van der Waals surface area contributed by atoms with Gasteiger partial charge in [-0.15, -0.1) is 5.10 Å². The Hall–Kier alpha value is -3.09. The van der Waals surface area contributed by atoms with Crippen LogP contribution in [-0.4, -0.2) is 37.6 Å². The molecule has 33 heavy (non-hydrogen) atoms. The lowest BCUT2D eigenvalue weighted by Crippen LogP contribution is -2.61. The lowest BCUT2D eigenvalue weighted by atomic mass is 9.52. The number of aromatic nitrogens is 3. The van der Waals surface area contributed by atoms with Crippen LogP contribution in [-0.2, 0) is 17.9 Å². The molecule has 1 amide bonds. The maximum absolute atomic E-state index is 13.9. The van der Waals surface area contributed by atoms with E-state index < -0.39 is 0 Å². The quantitative estimate of drug-likeness (QED) is 0.581. The second-order valence-electron chi connectivity index (χ2n) is 10.3. The monoisotopic (exact) mass is 446 g/mol. The Morgan fingerprint density at radius 1 is 1.09 bits per heavy atom. The second-order valence-corrected chi connectivity index (χ2v) is 10.3. The van der Waals surface area contributed by atoms with E-state index in [-0.39, 0.29) is 23.7 Å². The zero-order valence-corrected chi connectivity index (χ0v) is 19.0. The number of fused-ring (bicyclic) bond motifs is 1. The third-order valence-corrected chi connectivity index (χ3v) is 8.13. The Bertz CT molecular complexity index is 1220. The van der Waals surface area contributed by atoms with Gasteiger partial charge in [-0.3, -0.25) is 9.20 Å². The highest BCUT2D eigenvalue weighted by molar-refractivity contribution is 5.77. The van der Waals surface area contributed by atoms with Crippen molar-refractivity contribution in [2.24, 2.45) is 17.8 Å². The van der Waals surface area contributed by atoms with Gasteiger partial charge in [-0.1, -0.05) is 18.2 Å². The fourth-order valence-corrected chi connectivity index (χ4v) is 7.15. The van der Waals surface area contributed by atoms with Gasteiger partial charge in [0.25, 0.3) is 0 Å². The molecule has 4 aliphatic rings. The minimum atomic E-state index is -0.272. The van der Waals surface area contributed by atoms with E-state index in [9.17, 15) is 9.59 Å². The van der Waals surface area contributed by atoms with Crippen molar-refractivity contribution in [3.05, 3.63) is 64.7 Å². The fraction of sp³-hybridized carbons (Fsp3) is 0.500. The minimum absolute atomic E-state index is 0.0229. The SMILES string of the molecule is COc1cccc(CN(C(=O)Cn2nc3ccccn3c2=O)C23CC4CC(CC(C4)C2)C3)c1. The van der Waals surface area contributed by atoms with E-state index in [0.29, 0.717) is 12.2 Å². The molecule has 4 fully saturated rings. The number of methoxy groups -OCH3 is 1. The summed E-state index contributed by atoms with van der Waals surface area (Å²) in [6.07, 6.45) is 8.86. The maximum Gasteiger partial charge on any atom is 0.350 e. The van der Waals surface area contributed by atoms with Crippen LogP contribution >= 0.6 is 0 Å². The van der Waals surface area contributed by atoms with Gasteiger partial charge in [0, 0.05) is 18.3 Å². The molecule has 7 nitrogen and oxygen atoms in total. The van der Waals surface area contributed by atoms with Crippen LogP contribution in [0.25, 0.3) is 5.65 Å². The van der Waals surface area contributed by atoms with Crippen LogP contribution in [0.3, 0.4) is 0 Å². The molecule has 0 N–H and O–H groups in total. The van der Waals surface area contributed by atoms with Crippen molar-refractivity contribution in [2.45, 2.75) is 57.2 Å². The summed E-state index contributed by atoms with van der Waals surface area (Å²) in [6.45, 7) is 0.497. The molecule has 0 spiro atoms. The molecule has 3 aromatic rings. The van der Waals surface area contributed by atoms with Gasteiger partial charge in [0.1, 0.15) is 12.3 Å². The zero-order valence-electron chi connectivity index (χ0n) is 19.0. The topological polar surface area (TPSA) is 68.8 Å². The number of hydrogen-bond acceptors (Lipinski definition) is 4. The van der Waals surface area contributed by atoms with Crippen molar-refractivity contribution < 1.29 is 9.53 Å². The number of hydrogen-bond donors (Lipinski definition) is 0. The van der Waals surface area contributed by atoms with Crippen molar-refractivity contribution in [3.8, 4) is 5.75 Å². The van der Waals surface area contributed by atoms with Crippen molar-refractivity contribution in [3.63, 3.8) is 0 Å². The molecule has 0 unspecified atom stereocenters. The average Bonchev–Trinajstić information content (AvgIpc) is 3.12. The van der Waals surface area contributed by atoms with E-state index in [1.54, 1.807) is 25.4 Å². The first-order valence-corrected chi connectivity index (χ1v) is 12.0. The normalized spacial score (nSPS) is 27.7. The van der Waals surface area contributed by atoms with Crippen molar-refractivity contribution in [2.75, 3.05) is 7.11 Å². The van der Waals surface area contributed by atoms with Gasteiger partial charge in [0.15, 0.2) is 5.65 Å². The first-order valence-electron chi connectivity index (χ1n) is 12.0. The smallest absolute Gasteiger partial charge is 0.350 e. The van der Waals surface area contributed by atoms with Gasteiger partial charge >= 0.3 is 5.69 Å². The molecule has 7 heteroatoms. The van der Waals surface area contributed by atoms with E-state index in [4.69, 9.17) is 4.74 Å². The van der Waals surface area contributed by atoms with Gasteiger partial charge in [-0.25, -0.2) is 9.48 Å². The summed E-state index contributed by atoms with van der Waals surface area (Å²) in [5.74, 6) is 2.92. The summed E-state index contributed by atoms with van der Waals surface area (Å²) in [5.41, 5.74) is 1.23. The lowest BCUT2D eigenvalue weighted by molar-refractivity contribution is -0.153. The second kappa shape index (κ2) is 7.75. The number of nitrogens with zero attached hydrogens (tertiary/aromatic N) is 4. The summed E-state index contributed by atoms with van der Waals surface area (Å²) in [6, 6.07) is 13.4. The molecular formula is C26H30N4O3. The van der Waals surface area contributed by atoms with Gasteiger partial charge in [-0.05, 0) is 86.1 Å². The third-order valence-electron chi connectivity index (χ3n) is 8.13. The molecule has 0 radical (unpaired) electrons. The first-order chi connectivity index (χ1) is 16.0. The third kappa shape index (κ3) is 3.54. The van der Waals surface area contributed by atoms with Crippen molar-refractivity contribution in [1.82, 2.24) is 19.1 Å². The Morgan fingerprint density at radius 3 is 2.48 bits per heavy atom. The number of benzene rings is 1. The van der Waals surface area contributed by atoms with E-state index in [2.05, 4.69) is 16.1 Å². The van der Waals surface area contributed by atoms with Crippen LogP contribution in [0.1, 0.15) is 44.1 Å². The molecule has 172 valence electrons. The zero-order chi connectivity index (χ0) is 22.6. The van der Waals surface area contributed by atoms with Crippen LogP contribution in [0.2, 0.25) is 0 Å². The molecule has 0 aliphatic heterocycles. The molecule has 7 rings (SSSR count). The number of carbonyl (C=O) groups excluding carboxylic acids is 1. The predicted molar refractivity (Wildman–Crippen MR) is 124 cm³/mol. The summed E-state index contributed by atoms with van der Waals surface area (Å²) < 4.78 is 8.24. The number of rotatable bonds is 6. The molecular weight excluding hydrogens is 416 g/mol. The molecule has 0 atom stereocenters. The highest BCUT2D eigenvalue weighted by Crippen LogP contribution is 2.58. The van der Waals surface area contributed by atoms with Crippen LogP contribution in [0.15, 0.2) is 53.5 Å². The van der Waals surface area contributed by atoms with Crippen molar-refractivity contribution >= 4 is 11.6 Å². The van der Waals surface area contributed by atoms with Gasteiger partial charge < -0.3 is 9.64 Å². The fourth-order valence-electron chi connectivity index (χ4n) is 7.15. The maximum atomic E-state index is 13.9. The molecule has 1 aromatic carbocycles. The number of amides is 1. The molecule has 4 bridgehead atoms. The van der Waals surface area contributed by atoms with Gasteiger partial charge in [-0.2, -0.15) is 0 Å². The molecule has 2 aromatic heterocycles. The van der Waals surface area contributed by atoms with Crippen LogP contribution in [0.5, 0.6) is 5.75 Å². The highest BCUT2D eigenvalue weighted by Gasteiger charge is 2.54. The summed E-state index contributed by atoms with van der Waals surface area (Å²) in [4.78, 5) is 28.9. The average molecular weight is 447 g/mol. The molecule has 2 heterocycles. The van der Waals surface area contributed by atoms with Crippen LogP contribution < -0.4 is 10.4 Å². The summed E-state index contributed by atoms with van der Waals surface area (Å²) in [5, 5.41) is 4.42. The Kier molecular flexibility index (Phi) is 4.82. The Labute approximate surface area is 193 Å². The van der Waals surface area contributed by atoms with Crippen LogP contribution in [0, 0.1) is 17.8 Å². The number of pyridine rings is 1. The summed E-state index contributed by atoms with van der Waals surface area (Å²) in [7, 11) is 1.66. The van der Waals surface area contributed by atoms with Crippen molar-refractivity contribution in [1.29, 1.82) is 0 Å². The lowest BCUT2D eigenvalue weighted by Gasteiger charge is -2.60. The molecule has 0 saturated heterocycles. The van der Waals surface area contributed by atoms with E-state index in [0.717, 1.165) is 48.3 Å². The van der Waals surface area contributed by atoms with E-state index in [1.807, 2.05) is 24.3 Å². The Balaban J connectivity index is 1.35.